The van der Waals surface area contributed by atoms with Crippen LogP contribution in [0.3, 0.4) is 0 Å². The molecule has 0 aliphatic rings. The van der Waals surface area contributed by atoms with Gasteiger partial charge in [-0.2, -0.15) is 0 Å². The zero-order chi connectivity index (χ0) is 34.0. The van der Waals surface area contributed by atoms with Crippen LogP contribution in [0.1, 0.15) is 226 Å². The van der Waals surface area contributed by atoms with E-state index in [1.54, 1.807) is 0 Å². The van der Waals surface area contributed by atoms with Crippen LogP contribution in [0, 0.1) is 0 Å². The summed E-state index contributed by atoms with van der Waals surface area (Å²) in [4.78, 5) is 22.2. The summed E-state index contributed by atoms with van der Waals surface area (Å²) in [7, 11) is 0. The van der Waals surface area contributed by atoms with Crippen molar-refractivity contribution in [3.8, 4) is 0 Å². The van der Waals surface area contributed by atoms with Crippen LogP contribution < -0.4 is 11.1 Å². The van der Waals surface area contributed by atoms with E-state index in [-0.39, 0.29) is 11.8 Å². The van der Waals surface area contributed by atoms with Gasteiger partial charge < -0.3 is 11.1 Å². The minimum atomic E-state index is -0.164. The number of amides is 2. The SMILES string of the molecule is CCCCCCCC/C=C\CCCCCCCC(=O)NCCCCCC.CCCCCCCC/C=C\CCCCCCCC(N)=O. The van der Waals surface area contributed by atoms with E-state index in [9.17, 15) is 9.59 Å². The van der Waals surface area contributed by atoms with Gasteiger partial charge in [-0.1, -0.05) is 167 Å². The molecule has 0 aromatic rings. The first-order chi connectivity index (χ1) is 22.6. The minimum absolute atomic E-state index is 0.164. The standard InChI is InChI=1S/C24H47NO.C18H35NO/c1-3-5-7-9-10-11-12-13-14-15-16-17-18-19-20-22-24(26)25-23-21-8-6-4-2;1-2-3-4-5-6-7-8-9-10-11-12-13-14-15-16-17-18(19)20/h13-14H,3-12,15-23H2,1-2H3,(H,25,26);9-10H,2-8,11-17H2,1H3,(H2,19,20)/b14-13-;10-9-. The van der Waals surface area contributed by atoms with Crippen molar-refractivity contribution in [3.05, 3.63) is 24.3 Å². The van der Waals surface area contributed by atoms with E-state index in [1.165, 1.54) is 167 Å². The van der Waals surface area contributed by atoms with Gasteiger partial charge in [0.1, 0.15) is 0 Å². The normalized spacial score (nSPS) is 11.3. The molecule has 0 radical (unpaired) electrons. The van der Waals surface area contributed by atoms with Crippen molar-refractivity contribution in [2.45, 2.75) is 226 Å². The van der Waals surface area contributed by atoms with Gasteiger partial charge >= 0.3 is 0 Å². The smallest absolute Gasteiger partial charge is 0.219 e. The van der Waals surface area contributed by atoms with Gasteiger partial charge in [0.05, 0.1) is 0 Å². The molecule has 2 amide bonds. The molecule has 0 aromatic heterocycles. The summed E-state index contributed by atoms with van der Waals surface area (Å²) >= 11 is 0. The third-order valence-corrected chi connectivity index (χ3v) is 8.70. The Morgan fingerprint density at radius 1 is 0.413 bits per heavy atom. The predicted molar refractivity (Wildman–Crippen MR) is 205 cm³/mol. The number of nitrogens with one attached hydrogen (secondary N) is 1. The molecule has 0 unspecified atom stereocenters. The second-order valence-corrected chi connectivity index (χ2v) is 13.5. The Kier molecular flexibility index (Phi) is 43.9. The summed E-state index contributed by atoms with van der Waals surface area (Å²) in [5, 5.41) is 3.04. The van der Waals surface area contributed by atoms with Crippen molar-refractivity contribution >= 4 is 11.8 Å². The maximum atomic E-state index is 11.7. The maximum Gasteiger partial charge on any atom is 0.219 e. The fourth-order valence-electron chi connectivity index (χ4n) is 5.59. The lowest BCUT2D eigenvalue weighted by atomic mass is 10.1. The van der Waals surface area contributed by atoms with Crippen LogP contribution in [0.5, 0.6) is 0 Å². The molecule has 0 aliphatic heterocycles. The summed E-state index contributed by atoms with van der Waals surface area (Å²) in [5.74, 6) is 0.0850. The fourth-order valence-corrected chi connectivity index (χ4v) is 5.59. The van der Waals surface area contributed by atoms with Crippen molar-refractivity contribution in [2.75, 3.05) is 6.54 Å². The quantitative estimate of drug-likeness (QED) is 0.0531. The first-order valence-corrected chi connectivity index (χ1v) is 20.4. The van der Waals surface area contributed by atoms with Crippen LogP contribution in [0.2, 0.25) is 0 Å². The molecule has 0 bridgehead atoms. The summed E-state index contributed by atoms with van der Waals surface area (Å²) in [5.41, 5.74) is 5.10. The highest BCUT2D eigenvalue weighted by Crippen LogP contribution is 2.11. The average molecular weight is 647 g/mol. The van der Waals surface area contributed by atoms with Crippen LogP contribution in [0.25, 0.3) is 0 Å². The van der Waals surface area contributed by atoms with Crippen LogP contribution in [-0.4, -0.2) is 18.4 Å². The van der Waals surface area contributed by atoms with E-state index in [2.05, 4.69) is 50.4 Å². The molecule has 0 aromatic carbocycles. The molecule has 0 saturated carbocycles. The molecule has 0 heterocycles. The first-order valence-electron chi connectivity index (χ1n) is 20.4. The molecule has 0 fully saturated rings. The van der Waals surface area contributed by atoms with Crippen molar-refractivity contribution in [2.24, 2.45) is 5.73 Å². The Bertz CT molecular complexity index is 658. The van der Waals surface area contributed by atoms with Gasteiger partial charge in [0, 0.05) is 19.4 Å². The molecule has 0 saturated heterocycles. The van der Waals surface area contributed by atoms with E-state index >= 15 is 0 Å². The molecule has 46 heavy (non-hydrogen) atoms. The molecular weight excluding hydrogens is 564 g/mol. The molecule has 0 spiro atoms. The number of hydrogen-bond acceptors (Lipinski definition) is 2. The van der Waals surface area contributed by atoms with E-state index in [4.69, 9.17) is 5.73 Å². The van der Waals surface area contributed by atoms with Crippen LogP contribution >= 0.6 is 0 Å². The average Bonchev–Trinajstić information content (AvgIpc) is 3.04. The summed E-state index contributed by atoms with van der Waals surface area (Å²) in [6, 6.07) is 0. The molecule has 3 N–H and O–H groups in total. The van der Waals surface area contributed by atoms with E-state index in [1.807, 2.05) is 0 Å². The van der Waals surface area contributed by atoms with E-state index in [0.717, 1.165) is 32.2 Å². The number of rotatable bonds is 35. The highest BCUT2D eigenvalue weighted by atomic mass is 16.1. The van der Waals surface area contributed by atoms with Crippen molar-refractivity contribution in [3.63, 3.8) is 0 Å². The number of hydrogen-bond donors (Lipinski definition) is 2. The zero-order valence-corrected chi connectivity index (χ0v) is 31.5. The van der Waals surface area contributed by atoms with Gasteiger partial charge in [-0.15, -0.1) is 0 Å². The monoisotopic (exact) mass is 647 g/mol. The largest absolute Gasteiger partial charge is 0.370 e. The second kappa shape index (κ2) is 43.4. The Hall–Kier alpha value is -1.58. The zero-order valence-electron chi connectivity index (χ0n) is 31.5. The summed E-state index contributed by atoms with van der Waals surface area (Å²) < 4.78 is 0. The lowest BCUT2D eigenvalue weighted by Gasteiger charge is -2.05. The Labute approximate surface area is 289 Å². The summed E-state index contributed by atoms with van der Waals surface area (Å²) in [6.07, 6.45) is 49.3. The van der Waals surface area contributed by atoms with Gasteiger partial charge in [0.15, 0.2) is 0 Å². The second-order valence-electron chi connectivity index (χ2n) is 13.5. The molecule has 0 aliphatic carbocycles. The van der Waals surface area contributed by atoms with Crippen molar-refractivity contribution in [1.29, 1.82) is 0 Å². The van der Waals surface area contributed by atoms with Gasteiger partial charge in [-0.25, -0.2) is 0 Å². The van der Waals surface area contributed by atoms with E-state index < -0.39 is 0 Å². The maximum absolute atomic E-state index is 11.7. The van der Waals surface area contributed by atoms with Crippen molar-refractivity contribution < 1.29 is 9.59 Å². The number of carbonyl (C=O) groups excluding carboxylic acids is 2. The number of unbranched alkanes of at least 4 members (excludes halogenated alkanes) is 25. The molecule has 272 valence electrons. The third-order valence-electron chi connectivity index (χ3n) is 8.70. The minimum Gasteiger partial charge on any atom is -0.370 e. The highest BCUT2D eigenvalue weighted by molar-refractivity contribution is 5.75. The Balaban J connectivity index is 0. The van der Waals surface area contributed by atoms with E-state index in [0.29, 0.717) is 12.8 Å². The molecule has 4 nitrogen and oxygen atoms in total. The van der Waals surface area contributed by atoms with Crippen molar-refractivity contribution in [1.82, 2.24) is 5.32 Å². The first kappa shape index (κ1) is 46.5. The lowest BCUT2D eigenvalue weighted by Crippen LogP contribution is -2.23. The lowest BCUT2D eigenvalue weighted by molar-refractivity contribution is -0.121. The Morgan fingerprint density at radius 3 is 1.09 bits per heavy atom. The highest BCUT2D eigenvalue weighted by Gasteiger charge is 2.00. The Morgan fingerprint density at radius 2 is 0.717 bits per heavy atom. The van der Waals surface area contributed by atoms with Crippen LogP contribution in [0.15, 0.2) is 24.3 Å². The fraction of sp³-hybridized carbons (Fsp3) is 0.857. The van der Waals surface area contributed by atoms with Gasteiger partial charge in [0.2, 0.25) is 11.8 Å². The molecule has 4 heteroatoms. The molecule has 0 rings (SSSR count). The number of carbonyl (C=O) groups is 2. The van der Waals surface area contributed by atoms with Gasteiger partial charge in [-0.3, -0.25) is 9.59 Å². The number of nitrogens with two attached hydrogens (primary N) is 1. The number of primary amides is 1. The van der Waals surface area contributed by atoms with Gasteiger partial charge in [-0.05, 0) is 70.6 Å². The third kappa shape index (κ3) is 46.8. The van der Waals surface area contributed by atoms with Crippen LogP contribution in [-0.2, 0) is 9.59 Å². The molecular formula is C42H82N2O2. The predicted octanol–water partition coefficient (Wildman–Crippen LogP) is 13.2. The van der Waals surface area contributed by atoms with Gasteiger partial charge in [0.25, 0.3) is 0 Å². The topological polar surface area (TPSA) is 72.2 Å². The number of allylic oxidation sites excluding steroid dienone is 4. The summed E-state index contributed by atoms with van der Waals surface area (Å²) in [6.45, 7) is 7.62. The molecule has 0 atom stereocenters. The van der Waals surface area contributed by atoms with Crippen LogP contribution in [0.4, 0.5) is 0 Å².